The maximum atomic E-state index is 4.51. The van der Waals surface area contributed by atoms with Crippen molar-refractivity contribution >= 4 is 35.8 Å². The van der Waals surface area contributed by atoms with Crippen molar-refractivity contribution in [2.75, 3.05) is 39.3 Å². The van der Waals surface area contributed by atoms with Crippen molar-refractivity contribution in [1.82, 2.24) is 27.9 Å². The summed E-state index contributed by atoms with van der Waals surface area (Å²) in [7, 11) is 0. The van der Waals surface area contributed by atoms with E-state index in [-0.39, 0.29) is 0 Å². The highest BCUT2D eigenvalue weighted by Crippen LogP contribution is 2.33. The van der Waals surface area contributed by atoms with Crippen LogP contribution < -0.4 is 0 Å². The zero-order valence-electron chi connectivity index (χ0n) is 9.65. The van der Waals surface area contributed by atoms with Crippen LogP contribution in [0.15, 0.2) is 15.5 Å². The van der Waals surface area contributed by atoms with Crippen LogP contribution in [-0.4, -0.2) is 67.1 Å². The van der Waals surface area contributed by atoms with Crippen molar-refractivity contribution in [3.05, 3.63) is 0 Å². The van der Waals surface area contributed by atoms with Crippen LogP contribution in [-0.2, 0) is 0 Å². The predicted octanol–water partition coefficient (Wildman–Crippen LogP) is 0.840. The highest BCUT2D eigenvalue weighted by Gasteiger charge is 2.26. The maximum absolute atomic E-state index is 4.51. The lowest BCUT2D eigenvalue weighted by molar-refractivity contribution is 0.697. The number of hydrogen-bond acceptors (Lipinski definition) is 9. The molecule has 0 saturated carbocycles. The lowest BCUT2D eigenvalue weighted by Crippen LogP contribution is -2.01. The Bertz CT molecular complexity index is 381. The summed E-state index contributed by atoms with van der Waals surface area (Å²) in [5, 5.41) is 2.49. The maximum Gasteiger partial charge on any atom is 0.208 e. The second-order valence-corrected chi connectivity index (χ2v) is 7.44. The second-order valence-electron chi connectivity index (χ2n) is 4.24. The molecule has 0 unspecified atom stereocenters. The van der Waals surface area contributed by atoms with E-state index in [1.165, 1.54) is 0 Å². The Morgan fingerprint density at radius 2 is 0.833 bits per heavy atom. The minimum Gasteiger partial charge on any atom is -0.241 e. The monoisotopic (exact) mass is 300 g/mol. The van der Waals surface area contributed by atoms with Gasteiger partial charge in [0.1, 0.15) is 0 Å². The summed E-state index contributed by atoms with van der Waals surface area (Å²) < 4.78 is 6.73. The van der Waals surface area contributed by atoms with E-state index in [1.54, 1.807) is 35.8 Å². The van der Waals surface area contributed by atoms with E-state index < -0.39 is 0 Å². The first-order valence-corrected chi connectivity index (χ1v) is 8.22. The van der Waals surface area contributed by atoms with Crippen molar-refractivity contribution in [2.24, 2.45) is 0 Å². The molecule has 18 heavy (non-hydrogen) atoms. The first kappa shape index (κ1) is 11.7. The molecule has 96 valence electrons. The number of aromatic nitrogens is 3. The average molecular weight is 300 g/mol. The summed E-state index contributed by atoms with van der Waals surface area (Å²) in [6.07, 6.45) is 0. The van der Waals surface area contributed by atoms with E-state index in [1.807, 2.05) is 0 Å². The van der Waals surface area contributed by atoms with Crippen LogP contribution in [0.5, 0.6) is 0 Å². The third kappa shape index (κ3) is 3.28. The molecule has 0 amide bonds. The molecular weight excluding hydrogens is 288 g/mol. The molecule has 3 saturated heterocycles. The standard InChI is InChI=1S/C9H12N6S3/c1-2-13(1)16-7-10-8(17-14-3-4-14)12-9(11-7)18-15-5-6-15/h1-6H2. The fraction of sp³-hybridized carbons (Fsp3) is 0.667. The molecule has 3 fully saturated rings. The molecule has 1 aromatic rings. The lowest BCUT2D eigenvalue weighted by Gasteiger charge is -2.06. The Hall–Kier alpha value is -0.0600. The van der Waals surface area contributed by atoms with Crippen molar-refractivity contribution in [3.63, 3.8) is 0 Å². The van der Waals surface area contributed by atoms with Gasteiger partial charge in [-0.25, -0.2) is 12.9 Å². The molecule has 3 aliphatic heterocycles. The Morgan fingerprint density at radius 3 is 1.06 bits per heavy atom. The van der Waals surface area contributed by atoms with Crippen molar-refractivity contribution in [1.29, 1.82) is 0 Å². The first-order chi connectivity index (χ1) is 8.85. The fourth-order valence-electron chi connectivity index (χ4n) is 1.19. The molecule has 4 rings (SSSR count). The predicted molar refractivity (Wildman–Crippen MR) is 72.1 cm³/mol. The van der Waals surface area contributed by atoms with Gasteiger partial charge in [0.25, 0.3) is 0 Å². The normalized spacial score (nSPS) is 23.3. The minimum absolute atomic E-state index is 0.830. The molecule has 0 N–H and O–H groups in total. The van der Waals surface area contributed by atoms with Gasteiger partial charge >= 0.3 is 0 Å². The molecule has 9 heteroatoms. The van der Waals surface area contributed by atoms with Gasteiger partial charge in [0.05, 0.1) is 0 Å². The van der Waals surface area contributed by atoms with Gasteiger partial charge in [-0.05, 0) is 35.8 Å². The molecule has 1 aromatic heterocycles. The van der Waals surface area contributed by atoms with E-state index in [0.717, 1.165) is 54.7 Å². The topological polar surface area (TPSA) is 47.7 Å². The van der Waals surface area contributed by atoms with Crippen LogP contribution in [0.3, 0.4) is 0 Å². The highest BCUT2D eigenvalue weighted by atomic mass is 32.2. The lowest BCUT2D eigenvalue weighted by atomic mass is 11.0. The van der Waals surface area contributed by atoms with Gasteiger partial charge in [-0.15, -0.1) is 0 Å². The molecule has 0 atom stereocenters. The van der Waals surface area contributed by atoms with Gasteiger partial charge in [-0.3, -0.25) is 0 Å². The van der Waals surface area contributed by atoms with Gasteiger partial charge in [-0.1, -0.05) is 0 Å². The van der Waals surface area contributed by atoms with Crippen LogP contribution in [0.1, 0.15) is 0 Å². The van der Waals surface area contributed by atoms with E-state index >= 15 is 0 Å². The Balaban J connectivity index is 1.54. The van der Waals surface area contributed by atoms with Crippen LogP contribution in [0, 0.1) is 0 Å². The van der Waals surface area contributed by atoms with Crippen LogP contribution >= 0.6 is 35.8 Å². The molecule has 0 bridgehead atoms. The fourth-order valence-corrected chi connectivity index (χ4v) is 3.61. The van der Waals surface area contributed by atoms with Crippen molar-refractivity contribution < 1.29 is 0 Å². The summed E-state index contributed by atoms with van der Waals surface area (Å²) >= 11 is 4.92. The van der Waals surface area contributed by atoms with Crippen molar-refractivity contribution in [2.45, 2.75) is 15.5 Å². The third-order valence-corrected chi connectivity index (χ3v) is 5.33. The van der Waals surface area contributed by atoms with Gasteiger partial charge in [0.15, 0.2) is 0 Å². The zero-order chi connectivity index (χ0) is 11.9. The van der Waals surface area contributed by atoms with Gasteiger partial charge in [-0.2, -0.15) is 15.0 Å². The van der Waals surface area contributed by atoms with Crippen LogP contribution in [0.25, 0.3) is 0 Å². The number of hydrogen-bond donors (Lipinski definition) is 0. The largest absolute Gasteiger partial charge is 0.241 e. The molecule has 4 heterocycles. The van der Waals surface area contributed by atoms with E-state index in [0.29, 0.717) is 0 Å². The highest BCUT2D eigenvalue weighted by molar-refractivity contribution is 7.98. The van der Waals surface area contributed by atoms with Gasteiger partial charge < -0.3 is 0 Å². The van der Waals surface area contributed by atoms with E-state index in [4.69, 9.17) is 0 Å². The first-order valence-electron chi connectivity index (χ1n) is 5.90. The quantitative estimate of drug-likeness (QED) is 0.562. The zero-order valence-corrected chi connectivity index (χ0v) is 12.1. The molecule has 0 spiro atoms. The Kier molecular flexibility index (Phi) is 3.13. The molecule has 6 nitrogen and oxygen atoms in total. The summed E-state index contributed by atoms with van der Waals surface area (Å²) in [6, 6.07) is 0. The smallest absolute Gasteiger partial charge is 0.208 e. The van der Waals surface area contributed by atoms with E-state index in [2.05, 4.69) is 27.9 Å². The summed E-state index contributed by atoms with van der Waals surface area (Å²) in [4.78, 5) is 13.5. The van der Waals surface area contributed by atoms with Gasteiger partial charge in [0, 0.05) is 39.3 Å². The van der Waals surface area contributed by atoms with Crippen molar-refractivity contribution in [3.8, 4) is 0 Å². The van der Waals surface area contributed by atoms with E-state index in [9.17, 15) is 0 Å². The summed E-state index contributed by atoms with van der Waals surface area (Å²) in [5.41, 5.74) is 0. The summed E-state index contributed by atoms with van der Waals surface area (Å²) in [5.74, 6) is 0. The molecule has 0 aliphatic carbocycles. The average Bonchev–Trinajstić information content (AvgIpc) is 3.17. The van der Waals surface area contributed by atoms with Crippen LogP contribution in [0.2, 0.25) is 0 Å². The molecule has 0 aromatic carbocycles. The molecule has 3 aliphatic rings. The van der Waals surface area contributed by atoms with Gasteiger partial charge in [0.2, 0.25) is 15.5 Å². The molecular formula is C9H12N6S3. The number of nitrogens with zero attached hydrogens (tertiary/aromatic N) is 6. The SMILES string of the molecule is C1CN1Sc1nc(SN2CC2)nc(SN2CC2)n1. The second kappa shape index (κ2) is 4.80. The Labute approximate surface area is 118 Å². The number of rotatable bonds is 6. The molecule has 0 radical (unpaired) electrons. The third-order valence-electron chi connectivity index (χ3n) is 2.42. The Morgan fingerprint density at radius 1 is 0.556 bits per heavy atom. The summed E-state index contributed by atoms with van der Waals surface area (Å²) in [6.45, 7) is 6.83. The van der Waals surface area contributed by atoms with Crippen LogP contribution in [0.4, 0.5) is 0 Å². The minimum atomic E-state index is 0.830.